The van der Waals surface area contributed by atoms with Gasteiger partial charge in [-0.2, -0.15) is 0 Å². The van der Waals surface area contributed by atoms with Gasteiger partial charge in [0.05, 0.1) is 6.10 Å². The van der Waals surface area contributed by atoms with Crippen LogP contribution in [-0.4, -0.2) is 6.10 Å². The summed E-state index contributed by atoms with van der Waals surface area (Å²) in [5.74, 6) is 0.960. The van der Waals surface area contributed by atoms with Crippen molar-refractivity contribution in [2.45, 2.75) is 31.7 Å². The molecule has 1 heterocycles. The quantitative estimate of drug-likeness (QED) is 0.778. The molecule has 0 amide bonds. The van der Waals surface area contributed by atoms with E-state index >= 15 is 0 Å². The molecule has 0 N–H and O–H groups in total. The van der Waals surface area contributed by atoms with Crippen molar-refractivity contribution in [3.63, 3.8) is 0 Å². The molecule has 2 heteroatoms. The van der Waals surface area contributed by atoms with Crippen molar-refractivity contribution in [1.29, 1.82) is 0 Å². The van der Waals surface area contributed by atoms with E-state index < -0.39 is 0 Å². The highest BCUT2D eigenvalue weighted by Gasteiger charge is 2.43. The van der Waals surface area contributed by atoms with Gasteiger partial charge in [0.2, 0.25) is 0 Å². The van der Waals surface area contributed by atoms with Gasteiger partial charge >= 0.3 is 0 Å². The summed E-state index contributed by atoms with van der Waals surface area (Å²) in [7, 11) is 0. The summed E-state index contributed by atoms with van der Waals surface area (Å²) in [6.07, 6.45) is 3.12. The smallest absolute Gasteiger partial charge is 0.120 e. The fourth-order valence-electron chi connectivity index (χ4n) is 2.84. The highest BCUT2D eigenvalue weighted by molar-refractivity contribution is 5.41. The Bertz CT molecular complexity index is 591. The highest BCUT2D eigenvalue weighted by atomic mass is 16.6. The van der Waals surface area contributed by atoms with E-state index in [1.165, 1.54) is 16.7 Å². The van der Waals surface area contributed by atoms with Crippen molar-refractivity contribution in [3.8, 4) is 5.75 Å². The molecule has 4 rings (SSSR count). The normalized spacial score (nSPS) is 23.4. The number of aryl methyl sites for hydroxylation is 1. The van der Waals surface area contributed by atoms with Crippen LogP contribution in [0.4, 0.5) is 0 Å². The monoisotopic (exact) mass is 252 g/mol. The van der Waals surface area contributed by atoms with E-state index in [0.29, 0.717) is 18.8 Å². The molecule has 2 aromatic rings. The zero-order valence-electron chi connectivity index (χ0n) is 10.7. The van der Waals surface area contributed by atoms with Gasteiger partial charge in [0.1, 0.15) is 18.5 Å². The number of ether oxygens (including phenoxy) is 2. The van der Waals surface area contributed by atoms with Crippen molar-refractivity contribution in [2.24, 2.45) is 0 Å². The second kappa shape index (κ2) is 4.39. The first-order valence-electron chi connectivity index (χ1n) is 6.85. The molecule has 2 nitrogen and oxygen atoms in total. The van der Waals surface area contributed by atoms with Crippen molar-refractivity contribution in [2.75, 3.05) is 0 Å². The van der Waals surface area contributed by atoms with Crippen LogP contribution >= 0.6 is 0 Å². The fraction of sp³-hybridized carbons (Fsp3) is 0.294. The van der Waals surface area contributed by atoms with Crippen LogP contribution in [0, 0.1) is 0 Å². The summed E-state index contributed by atoms with van der Waals surface area (Å²) >= 11 is 0. The molecule has 19 heavy (non-hydrogen) atoms. The third kappa shape index (κ3) is 2.13. The van der Waals surface area contributed by atoms with Crippen LogP contribution in [0.15, 0.2) is 48.5 Å². The Morgan fingerprint density at radius 3 is 2.89 bits per heavy atom. The van der Waals surface area contributed by atoms with Gasteiger partial charge in [0.25, 0.3) is 0 Å². The molecular weight excluding hydrogens is 236 g/mol. The minimum Gasteiger partial charge on any atom is -0.489 e. The third-order valence-electron chi connectivity index (χ3n) is 3.95. The molecule has 0 bridgehead atoms. The molecule has 0 spiro atoms. The first kappa shape index (κ1) is 11.1. The van der Waals surface area contributed by atoms with Crippen LogP contribution in [0.1, 0.15) is 29.2 Å². The van der Waals surface area contributed by atoms with Crippen molar-refractivity contribution in [1.82, 2.24) is 0 Å². The molecule has 2 aromatic carbocycles. The van der Waals surface area contributed by atoms with Crippen LogP contribution < -0.4 is 4.74 Å². The lowest BCUT2D eigenvalue weighted by Crippen LogP contribution is -2.05. The summed E-state index contributed by atoms with van der Waals surface area (Å²) in [4.78, 5) is 0. The molecule has 1 saturated heterocycles. The summed E-state index contributed by atoms with van der Waals surface area (Å²) < 4.78 is 11.5. The Labute approximate surface area is 113 Å². The Hall–Kier alpha value is -1.80. The Morgan fingerprint density at radius 1 is 1.11 bits per heavy atom. The van der Waals surface area contributed by atoms with Gasteiger partial charge < -0.3 is 9.47 Å². The highest BCUT2D eigenvalue weighted by Crippen LogP contribution is 2.47. The van der Waals surface area contributed by atoms with E-state index in [2.05, 4.69) is 30.3 Å². The van der Waals surface area contributed by atoms with Crippen LogP contribution in [0.25, 0.3) is 0 Å². The maximum Gasteiger partial charge on any atom is 0.120 e. The molecule has 2 atom stereocenters. The van der Waals surface area contributed by atoms with E-state index in [1.807, 2.05) is 18.2 Å². The van der Waals surface area contributed by atoms with Crippen LogP contribution in [0.3, 0.4) is 0 Å². The largest absolute Gasteiger partial charge is 0.489 e. The van der Waals surface area contributed by atoms with Crippen LogP contribution in [0.2, 0.25) is 0 Å². The molecule has 1 fully saturated rings. The lowest BCUT2D eigenvalue weighted by Gasteiger charge is -2.14. The summed E-state index contributed by atoms with van der Waals surface area (Å²) in [5.41, 5.74) is 3.96. The topological polar surface area (TPSA) is 21.8 Å². The summed E-state index contributed by atoms with van der Waals surface area (Å²) in [6, 6.07) is 16.7. The average molecular weight is 252 g/mol. The molecule has 1 aliphatic heterocycles. The van der Waals surface area contributed by atoms with Gasteiger partial charge in [0, 0.05) is 0 Å². The molecule has 2 unspecified atom stereocenters. The Kier molecular flexibility index (Phi) is 2.56. The van der Waals surface area contributed by atoms with Gasteiger partial charge in [-0.3, -0.25) is 0 Å². The lowest BCUT2D eigenvalue weighted by atomic mass is 9.92. The molecular formula is C17H16O2. The number of benzene rings is 2. The van der Waals surface area contributed by atoms with E-state index in [1.54, 1.807) is 0 Å². The predicted octanol–water partition coefficient (Wildman–Crippen LogP) is 3.65. The first-order valence-corrected chi connectivity index (χ1v) is 6.85. The summed E-state index contributed by atoms with van der Waals surface area (Å²) in [6.45, 7) is 0.627. The van der Waals surface area contributed by atoms with E-state index in [-0.39, 0.29) is 0 Å². The SMILES string of the molecule is c1ccc(COc2ccc3c(c2)CCC2OC32)cc1. The second-order valence-electron chi connectivity index (χ2n) is 5.27. The molecule has 1 aliphatic carbocycles. The molecule has 96 valence electrons. The fourth-order valence-corrected chi connectivity index (χ4v) is 2.84. The molecule has 0 aromatic heterocycles. The Balaban J connectivity index is 1.50. The minimum absolute atomic E-state index is 0.368. The van der Waals surface area contributed by atoms with Gasteiger partial charge in [-0.1, -0.05) is 36.4 Å². The van der Waals surface area contributed by atoms with Crippen LogP contribution in [-0.2, 0) is 17.8 Å². The van der Waals surface area contributed by atoms with Gasteiger partial charge in [-0.05, 0) is 41.7 Å². The number of hydrogen-bond acceptors (Lipinski definition) is 2. The molecule has 0 saturated carbocycles. The third-order valence-corrected chi connectivity index (χ3v) is 3.95. The van der Waals surface area contributed by atoms with Gasteiger partial charge in [0.15, 0.2) is 0 Å². The number of epoxide rings is 1. The Morgan fingerprint density at radius 2 is 2.00 bits per heavy atom. The average Bonchev–Trinajstić information content (AvgIpc) is 3.26. The molecule has 0 radical (unpaired) electrons. The zero-order valence-corrected chi connectivity index (χ0v) is 10.7. The van der Waals surface area contributed by atoms with Crippen molar-refractivity contribution < 1.29 is 9.47 Å². The number of hydrogen-bond donors (Lipinski definition) is 0. The van der Waals surface area contributed by atoms with E-state index in [4.69, 9.17) is 9.47 Å². The van der Waals surface area contributed by atoms with Crippen molar-refractivity contribution in [3.05, 3.63) is 65.2 Å². The van der Waals surface area contributed by atoms with Gasteiger partial charge in [-0.25, -0.2) is 0 Å². The van der Waals surface area contributed by atoms with E-state index in [0.717, 1.165) is 18.6 Å². The maximum atomic E-state index is 5.87. The predicted molar refractivity (Wildman–Crippen MR) is 73.2 cm³/mol. The second-order valence-corrected chi connectivity index (χ2v) is 5.27. The lowest BCUT2D eigenvalue weighted by molar-refractivity contribution is 0.305. The molecule has 2 aliphatic rings. The minimum atomic E-state index is 0.368. The standard InChI is InChI=1S/C17H16O2/c1-2-4-12(5-3-1)11-18-14-7-8-15-13(10-14)6-9-16-17(15)19-16/h1-5,7-8,10,16-17H,6,9,11H2. The number of fused-ring (bicyclic) bond motifs is 3. The van der Waals surface area contributed by atoms with Crippen LogP contribution in [0.5, 0.6) is 5.75 Å². The maximum absolute atomic E-state index is 5.87. The van der Waals surface area contributed by atoms with Gasteiger partial charge in [-0.15, -0.1) is 0 Å². The van der Waals surface area contributed by atoms with Crippen molar-refractivity contribution >= 4 is 0 Å². The number of rotatable bonds is 3. The summed E-state index contributed by atoms with van der Waals surface area (Å²) in [5, 5.41) is 0. The first-order chi connectivity index (χ1) is 9.40. The van der Waals surface area contributed by atoms with E-state index in [9.17, 15) is 0 Å². The zero-order chi connectivity index (χ0) is 12.7.